The zero-order chi connectivity index (χ0) is 26.8. The fourth-order valence-corrected chi connectivity index (χ4v) is 3.49. The van der Waals surface area contributed by atoms with Crippen molar-refractivity contribution < 1.29 is 31.3 Å². The molecule has 4 rings (SSSR count). The molecule has 0 unspecified atom stereocenters. The highest BCUT2D eigenvalue weighted by Crippen LogP contribution is 2.24. The van der Waals surface area contributed by atoms with E-state index >= 15 is 0 Å². The molecule has 0 radical (unpaired) electrons. The highest BCUT2D eigenvalue weighted by Gasteiger charge is 2.08. The van der Waals surface area contributed by atoms with E-state index in [2.05, 4.69) is 10.3 Å². The van der Waals surface area contributed by atoms with E-state index in [1.165, 1.54) is 12.1 Å². The lowest BCUT2D eigenvalue weighted by atomic mass is 10.2. The number of hydrogen-bond donors (Lipinski definition) is 3. The van der Waals surface area contributed by atoms with E-state index < -0.39 is 10.1 Å². The molecule has 0 saturated heterocycles. The zero-order valence-electron chi connectivity index (χ0n) is 20.3. The number of benzene rings is 3. The maximum atomic E-state index is 12.5. The number of methoxy groups -OCH3 is 1. The predicted molar refractivity (Wildman–Crippen MR) is 139 cm³/mol. The summed E-state index contributed by atoms with van der Waals surface area (Å²) in [6.07, 6.45) is 0.466. The zero-order valence-corrected chi connectivity index (χ0v) is 21.2. The maximum absolute atomic E-state index is 12.5. The highest BCUT2D eigenvalue weighted by molar-refractivity contribution is 7.85. The third-order valence-corrected chi connectivity index (χ3v) is 5.99. The molecule has 0 bridgehead atoms. The second-order valence-corrected chi connectivity index (χ2v) is 9.32. The monoisotopic (exact) mass is 529 g/mol. The van der Waals surface area contributed by atoms with Crippen LogP contribution in [0.25, 0.3) is 11.1 Å². The second-order valence-electron chi connectivity index (χ2n) is 7.90. The molecule has 37 heavy (non-hydrogen) atoms. The number of halogens is 1. The summed E-state index contributed by atoms with van der Waals surface area (Å²) in [6, 6.07) is 19.4. The molecule has 196 valence electrons. The number of ether oxygens (including phenoxy) is 2. The van der Waals surface area contributed by atoms with Gasteiger partial charge in [0.15, 0.2) is 5.58 Å². The topological polar surface area (TPSA) is 137 Å². The molecule has 4 N–H and O–H groups in total. The van der Waals surface area contributed by atoms with Gasteiger partial charge in [-0.2, -0.15) is 13.4 Å². The first kappa shape index (κ1) is 27.7. The van der Waals surface area contributed by atoms with Crippen molar-refractivity contribution in [2.75, 3.05) is 25.6 Å². The molecular weight excluding hydrogens is 501 g/mol. The first-order chi connectivity index (χ1) is 17.7. The van der Waals surface area contributed by atoms with Crippen LogP contribution in [-0.4, -0.2) is 38.2 Å². The van der Waals surface area contributed by atoms with Crippen LogP contribution in [0.4, 0.5) is 10.4 Å². The summed E-state index contributed by atoms with van der Waals surface area (Å²) in [5.41, 5.74) is 9.10. The standard InChI is InChI=1S/C19H20FN3O3.C7H8O3S/c1-24-15-4-2-13(3-5-15)11-22-19-23-17-7-6-16(8-18(17)26-19)25-12-14(9-20)10-21;1-6-2-4-7(5-3-6)11(8,9)10/h2-9H,10-12,21H2,1H3,(H,22,23);2-5H,1H3,(H,8,9,10). The first-order valence-electron chi connectivity index (χ1n) is 11.1. The van der Waals surface area contributed by atoms with Gasteiger partial charge in [-0.05, 0) is 48.9 Å². The van der Waals surface area contributed by atoms with Crippen LogP contribution in [-0.2, 0) is 16.7 Å². The van der Waals surface area contributed by atoms with Gasteiger partial charge < -0.3 is 24.9 Å². The molecule has 0 spiro atoms. The smallest absolute Gasteiger partial charge is 0.295 e. The van der Waals surface area contributed by atoms with Crippen LogP contribution in [0, 0.1) is 6.92 Å². The van der Waals surface area contributed by atoms with E-state index in [1.54, 1.807) is 37.4 Å². The van der Waals surface area contributed by atoms with Crippen molar-refractivity contribution >= 4 is 27.2 Å². The molecule has 0 saturated carbocycles. The summed E-state index contributed by atoms with van der Waals surface area (Å²) >= 11 is 0. The largest absolute Gasteiger partial charge is 0.497 e. The number of nitrogens with two attached hydrogens (primary N) is 1. The fraction of sp³-hybridized carbons (Fsp3) is 0.192. The number of nitrogens with zero attached hydrogens (tertiary/aromatic N) is 1. The Kier molecular flexibility index (Phi) is 9.61. The van der Waals surface area contributed by atoms with Crippen molar-refractivity contribution in [1.82, 2.24) is 4.98 Å². The molecule has 4 aromatic rings. The van der Waals surface area contributed by atoms with Crippen molar-refractivity contribution in [2.45, 2.75) is 18.4 Å². The van der Waals surface area contributed by atoms with E-state index in [1.807, 2.05) is 31.2 Å². The normalized spacial score (nSPS) is 11.5. The van der Waals surface area contributed by atoms with Gasteiger partial charge in [-0.1, -0.05) is 29.8 Å². The van der Waals surface area contributed by atoms with Gasteiger partial charge in [0.05, 0.1) is 18.3 Å². The van der Waals surface area contributed by atoms with Gasteiger partial charge in [0.2, 0.25) is 0 Å². The average molecular weight is 530 g/mol. The molecule has 0 amide bonds. The van der Waals surface area contributed by atoms with Gasteiger partial charge in [-0.3, -0.25) is 4.55 Å². The van der Waals surface area contributed by atoms with Crippen LogP contribution in [0.5, 0.6) is 11.5 Å². The molecule has 0 atom stereocenters. The Hall–Kier alpha value is -3.93. The number of fused-ring (bicyclic) bond motifs is 1. The van der Waals surface area contributed by atoms with Crippen LogP contribution < -0.4 is 20.5 Å². The summed E-state index contributed by atoms with van der Waals surface area (Å²) in [5.74, 6) is 1.37. The summed E-state index contributed by atoms with van der Waals surface area (Å²) in [4.78, 5) is 4.31. The fourth-order valence-electron chi connectivity index (χ4n) is 3.01. The van der Waals surface area contributed by atoms with Gasteiger partial charge in [0.1, 0.15) is 23.6 Å². The van der Waals surface area contributed by atoms with Gasteiger partial charge in [0.25, 0.3) is 16.1 Å². The molecule has 3 aromatic carbocycles. The van der Waals surface area contributed by atoms with Crippen LogP contribution in [0.2, 0.25) is 0 Å². The van der Waals surface area contributed by atoms with Crippen molar-refractivity contribution in [3.05, 3.63) is 89.8 Å². The Morgan fingerprint density at radius 3 is 2.38 bits per heavy atom. The van der Waals surface area contributed by atoms with Crippen molar-refractivity contribution in [3.8, 4) is 11.5 Å². The summed E-state index contributed by atoms with van der Waals surface area (Å²) in [7, 11) is -2.39. The Labute approximate surface area is 214 Å². The minimum absolute atomic E-state index is 0.0666. The average Bonchev–Trinajstić information content (AvgIpc) is 3.31. The summed E-state index contributed by atoms with van der Waals surface area (Å²) in [6.45, 7) is 2.62. The number of rotatable bonds is 9. The van der Waals surface area contributed by atoms with Gasteiger partial charge >= 0.3 is 0 Å². The Morgan fingerprint density at radius 1 is 1.11 bits per heavy atom. The van der Waals surface area contributed by atoms with E-state index in [9.17, 15) is 12.8 Å². The van der Waals surface area contributed by atoms with E-state index in [0.29, 0.717) is 41.3 Å². The lowest BCUT2D eigenvalue weighted by Crippen LogP contribution is -2.10. The van der Waals surface area contributed by atoms with E-state index in [4.69, 9.17) is 24.2 Å². The summed E-state index contributed by atoms with van der Waals surface area (Å²) in [5, 5.41) is 3.14. The molecule has 11 heteroatoms. The Bertz CT molecular complexity index is 1440. The molecule has 1 aromatic heterocycles. The number of anilines is 1. The van der Waals surface area contributed by atoms with Crippen LogP contribution in [0.15, 0.2) is 87.9 Å². The minimum Gasteiger partial charge on any atom is -0.497 e. The maximum Gasteiger partial charge on any atom is 0.295 e. The SMILES string of the molecule is COc1ccc(CNc2nc3ccc(OCC(=CF)CN)cc3o2)cc1.Cc1ccc(S(=O)(=O)O)cc1. The van der Waals surface area contributed by atoms with Crippen molar-refractivity contribution in [2.24, 2.45) is 5.73 Å². The number of aromatic nitrogens is 1. The molecule has 0 aliphatic heterocycles. The van der Waals surface area contributed by atoms with Gasteiger partial charge in [-0.15, -0.1) is 0 Å². The molecule has 0 aliphatic carbocycles. The highest BCUT2D eigenvalue weighted by atomic mass is 32.2. The second kappa shape index (κ2) is 12.9. The number of hydrogen-bond acceptors (Lipinski definition) is 8. The van der Waals surface area contributed by atoms with Crippen molar-refractivity contribution in [3.63, 3.8) is 0 Å². The Morgan fingerprint density at radius 2 is 1.78 bits per heavy atom. The quantitative estimate of drug-likeness (QED) is 0.259. The van der Waals surface area contributed by atoms with Crippen LogP contribution in [0.3, 0.4) is 0 Å². The summed E-state index contributed by atoms with van der Waals surface area (Å²) < 4.78 is 58.4. The molecule has 1 heterocycles. The third-order valence-electron chi connectivity index (χ3n) is 5.12. The molecule has 0 aliphatic rings. The number of nitrogens with one attached hydrogen (secondary N) is 1. The van der Waals surface area contributed by atoms with Crippen molar-refractivity contribution in [1.29, 1.82) is 0 Å². The lowest BCUT2D eigenvalue weighted by molar-refractivity contribution is 0.347. The van der Waals surface area contributed by atoms with Crippen LogP contribution >= 0.6 is 0 Å². The lowest BCUT2D eigenvalue weighted by Gasteiger charge is -2.06. The molecule has 9 nitrogen and oxygen atoms in total. The molecule has 0 fully saturated rings. The van der Waals surface area contributed by atoms with Gasteiger partial charge in [0, 0.05) is 24.7 Å². The predicted octanol–water partition coefficient (Wildman–Crippen LogP) is 4.88. The third kappa shape index (κ3) is 8.31. The van der Waals surface area contributed by atoms with Gasteiger partial charge in [-0.25, -0.2) is 4.39 Å². The number of oxazole rings is 1. The Balaban J connectivity index is 0.000000289. The van der Waals surface area contributed by atoms with Crippen LogP contribution in [0.1, 0.15) is 11.1 Å². The minimum atomic E-state index is -4.02. The van der Waals surface area contributed by atoms with E-state index in [-0.39, 0.29) is 18.0 Å². The number of aryl methyl sites for hydroxylation is 1. The first-order valence-corrected chi connectivity index (χ1v) is 12.6. The van der Waals surface area contributed by atoms with E-state index in [0.717, 1.165) is 16.9 Å². The molecular formula is C26H28FN3O6S.